The Kier molecular flexibility index (Phi) is 4.41. The van der Waals surface area contributed by atoms with E-state index in [4.69, 9.17) is 10.8 Å². The van der Waals surface area contributed by atoms with Crippen LogP contribution in [0, 0.1) is 10.8 Å². The lowest BCUT2D eigenvalue weighted by Crippen LogP contribution is -2.07. The van der Waals surface area contributed by atoms with Crippen molar-refractivity contribution >= 4 is 5.69 Å². The van der Waals surface area contributed by atoms with Gasteiger partial charge in [-0.3, -0.25) is 4.98 Å². The van der Waals surface area contributed by atoms with Gasteiger partial charge in [0, 0.05) is 43.0 Å². The van der Waals surface area contributed by atoms with Crippen LogP contribution in [0.5, 0.6) is 0 Å². The largest absolute Gasteiger partial charge is 0.378 e. The average Bonchev–Trinajstić information content (AvgIpc) is 2.10. The first-order valence-corrected chi connectivity index (χ1v) is 3.08. The molecule has 0 unspecified atom stereocenters. The van der Waals surface area contributed by atoms with Gasteiger partial charge in [-0.15, -0.1) is 0 Å². The molecule has 4 heteroatoms. The maximum absolute atomic E-state index is 6.00. The molecule has 1 aromatic heterocycles. The van der Waals surface area contributed by atoms with Crippen LogP contribution in [0.2, 0.25) is 0 Å². The van der Waals surface area contributed by atoms with Gasteiger partial charge >= 0.3 is 0 Å². The molecule has 1 heterocycles. The van der Waals surface area contributed by atoms with Crippen LogP contribution in [0.4, 0.5) is 5.69 Å². The SMILES string of the molecule is CN(C)c1ccncc1.N#N. The first-order chi connectivity index (χ1) is 5.30. The molecular formula is C7H10N4. The van der Waals surface area contributed by atoms with Crippen LogP contribution in [-0.2, 0) is 0 Å². The molecule has 0 spiro atoms. The van der Waals surface area contributed by atoms with E-state index in [1.807, 2.05) is 31.1 Å². The summed E-state index contributed by atoms with van der Waals surface area (Å²) >= 11 is 0. The number of hydrogen-bond donors (Lipinski definition) is 0. The highest BCUT2D eigenvalue weighted by Gasteiger charge is 1.88. The molecule has 0 bridgehead atoms. The van der Waals surface area contributed by atoms with Gasteiger partial charge in [0.1, 0.15) is 0 Å². The molecule has 0 atom stereocenters. The van der Waals surface area contributed by atoms with Gasteiger partial charge in [-0.1, -0.05) is 0 Å². The van der Waals surface area contributed by atoms with Crippen molar-refractivity contribution in [3.63, 3.8) is 0 Å². The molecule has 0 amide bonds. The third-order valence-corrected chi connectivity index (χ3v) is 1.18. The lowest BCUT2D eigenvalue weighted by Gasteiger charge is -2.10. The summed E-state index contributed by atoms with van der Waals surface area (Å²) in [4.78, 5) is 5.94. The summed E-state index contributed by atoms with van der Waals surface area (Å²) in [6.45, 7) is 0. The summed E-state index contributed by atoms with van der Waals surface area (Å²) in [5.41, 5.74) is 1.19. The average molecular weight is 150 g/mol. The molecular weight excluding hydrogens is 140 g/mol. The minimum absolute atomic E-state index is 1.19. The van der Waals surface area contributed by atoms with E-state index in [0.717, 1.165) is 0 Å². The third kappa shape index (κ3) is 3.16. The molecule has 0 aliphatic heterocycles. The van der Waals surface area contributed by atoms with Crippen molar-refractivity contribution in [2.45, 2.75) is 0 Å². The number of hydrogen-bond acceptors (Lipinski definition) is 4. The Hall–Kier alpha value is -1.63. The molecule has 4 nitrogen and oxygen atoms in total. The predicted octanol–water partition coefficient (Wildman–Crippen LogP) is 1.18. The summed E-state index contributed by atoms with van der Waals surface area (Å²) in [5.74, 6) is 0. The molecule has 1 aromatic rings. The fraction of sp³-hybridized carbons (Fsp3) is 0.286. The summed E-state index contributed by atoms with van der Waals surface area (Å²) < 4.78 is 0. The van der Waals surface area contributed by atoms with Crippen LogP contribution in [0.25, 0.3) is 0 Å². The summed E-state index contributed by atoms with van der Waals surface area (Å²) in [5, 5.41) is 12.0. The van der Waals surface area contributed by atoms with Crippen molar-refractivity contribution in [1.29, 1.82) is 10.8 Å². The summed E-state index contributed by atoms with van der Waals surface area (Å²) in [6, 6.07) is 3.94. The molecule has 0 aliphatic rings. The molecule has 0 fully saturated rings. The van der Waals surface area contributed by atoms with Crippen molar-refractivity contribution in [2.75, 3.05) is 19.0 Å². The molecule has 0 saturated heterocycles. The second-order valence-electron chi connectivity index (χ2n) is 2.10. The molecule has 0 aromatic carbocycles. The van der Waals surface area contributed by atoms with E-state index in [1.165, 1.54) is 5.69 Å². The van der Waals surface area contributed by atoms with Crippen LogP contribution in [0.15, 0.2) is 24.5 Å². The van der Waals surface area contributed by atoms with E-state index >= 15 is 0 Å². The van der Waals surface area contributed by atoms with Crippen LogP contribution in [0.3, 0.4) is 0 Å². The molecule has 0 radical (unpaired) electrons. The van der Waals surface area contributed by atoms with Crippen LogP contribution < -0.4 is 4.90 Å². The zero-order chi connectivity index (χ0) is 8.69. The van der Waals surface area contributed by atoms with Crippen LogP contribution >= 0.6 is 0 Å². The van der Waals surface area contributed by atoms with E-state index in [0.29, 0.717) is 0 Å². The number of anilines is 1. The predicted molar refractivity (Wildman–Crippen MR) is 42.0 cm³/mol. The minimum atomic E-state index is 1.19. The Morgan fingerprint density at radius 1 is 1.18 bits per heavy atom. The standard InChI is InChI=1S/C7H10N2.N2/c1-9(2)7-3-5-8-6-4-7;1-2/h3-6H,1-2H3;. The Morgan fingerprint density at radius 3 is 1.91 bits per heavy atom. The van der Waals surface area contributed by atoms with E-state index in [-0.39, 0.29) is 0 Å². The van der Waals surface area contributed by atoms with Gasteiger partial charge in [0.2, 0.25) is 0 Å². The van der Waals surface area contributed by atoms with E-state index in [2.05, 4.69) is 4.98 Å². The number of nitrogens with zero attached hydrogens (tertiary/aromatic N) is 4. The molecule has 0 N–H and O–H groups in total. The highest BCUT2D eigenvalue weighted by molar-refractivity contribution is 5.42. The Balaban J connectivity index is 0.000000461. The first kappa shape index (κ1) is 9.37. The zero-order valence-electron chi connectivity index (χ0n) is 6.60. The van der Waals surface area contributed by atoms with Crippen molar-refractivity contribution in [1.82, 2.24) is 4.98 Å². The highest BCUT2D eigenvalue weighted by Crippen LogP contribution is 2.05. The lowest BCUT2D eigenvalue weighted by molar-refractivity contribution is 1.12. The van der Waals surface area contributed by atoms with Crippen molar-refractivity contribution in [3.05, 3.63) is 24.5 Å². The minimum Gasteiger partial charge on any atom is -0.378 e. The van der Waals surface area contributed by atoms with E-state index in [9.17, 15) is 0 Å². The normalized spacial score (nSPS) is 7.64. The smallest absolute Gasteiger partial charge is 0.0391 e. The second kappa shape index (κ2) is 5.18. The fourth-order valence-corrected chi connectivity index (χ4v) is 0.642. The quantitative estimate of drug-likeness (QED) is 0.564. The Bertz CT molecular complexity index is 204. The fourth-order valence-electron chi connectivity index (χ4n) is 0.642. The maximum atomic E-state index is 6.00. The van der Waals surface area contributed by atoms with Crippen molar-refractivity contribution in [3.8, 4) is 0 Å². The summed E-state index contributed by atoms with van der Waals surface area (Å²) in [6.07, 6.45) is 3.57. The topological polar surface area (TPSA) is 63.7 Å². The first-order valence-electron chi connectivity index (χ1n) is 3.08. The van der Waals surface area contributed by atoms with Gasteiger partial charge in [-0.25, -0.2) is 0 Å². The Labute approximate surface area is 65.9 Å². The van der Waals surface area contributed by atoms with Crippen molar-refractivity contribution < 1.29 is 0 Å². The van der Waals surface area contributed by atoms with Crippen LogP contribution in [-0.4, -0.2) is 19.1 Å². The van der Waals surface area contributed by atoms with E-state index < -0.39 is 0 Å². The van der Waals surface area contributed by atoms with Gasteiger partial charge in [-0.2, -0.15) is 0 Å². The number of aromatic nitrogens is 1. The van der Waals surface area contributed by atoms with Gasteiger partial charge in [0.05, 0.1) is 0 Å². The van der Waals surface area contributed by atoms with Gasteiger partial charge in [-0.05, 0) is 12.1 Å². The van der Waals surface area contributed by atoms with Crippen LogP contribution in [0.1, 0.15) is 0 Å². The number of rotatable bonds is 1. The molecule has 0 aliphatic carbocycles. The summed E-state index contributed by atoms with van der Waals surface area (Å²) in [7, 11) is 4.02. The lowest BCUT2D eigenvalue weighted by atomic mass is 10.4. The zero-order valence-corrected chi connectivity index (χ0v) is 6.60. The Morgan fingerprint density at radius 2 is 1.64 bits per heavy atom. The molecule has 58 valence electrons. The molecule has 11 heavy (non-hydrogen) atoms. The highest BCUT2D eigenvalue weighted by atomic mass is 15.1. The van der Waals surface area contributed by atoms with Gasteiger partial charge < -0.3 is 4.90 Å². The monoisotopic (exact) mass is 150 g/mol. The maximum Gasteiger partial charge on any atom is 0.0391 e. The molecule has 0 saturated carbocycles. The van der Waals surface area contributed by atoms with Gasteiger partial charge in [0.25, 0.3) is 0 Å². The van der Waals surface area contributed by atoms with Gasteiger partial charge in [0.15, 0.2) is 0 Å². The van der Waals surface area contributed by atoms with E-state index in [1.54, 1.807) is 12.4 Å². The van der Waals surface area contributed by atoms with Crippen molar-refractivity contribution in [2.24, 2.45) is 0 Å². The second-order valence-corrected chi connectivity index (χ2v) is 2.10. The molecule has 1 rings (SSSR count). The number of pyridine rings is 1. The third-order valence-electron chi connectivity index (χ3n) is 1.18.